The maximum absolute atomic E-state index is 3.98. The monoisotopic (exact) mass is 119 g/mol. The summed E-state index contributed by atoms with van der Waals surface area (Å²) in [6, 6.07) is 0. The van der Waals surface area contributed by atoms with Gasteiger partial charge in [-0.2, -0.15) is 0 Å². The van der Waals surface area contributed by atoms with Crippen LogP contribution < -0.4 is 0 Å². The largest absolute Gasteiger partial charge is 0.338 e. The summed E-state index contributed by atoms with van der Waals surface area (Å²) in [5.41, 5.74) is 0. The van der Waals surface area contributed by atoms with Crippen LogP contribution in [0.3, 0.4) is 0 Å². The van der Waals surface area contributed by atoms with Crippen molar-refractivity contribution in [2.45, 2.75) is 6.92 Å². The van der Waals surface area contributed by atoms with Gasteiger partial charge in [-0.3, -0.25) is 0 Å². The van der Waals surface area contributed by atoms with Crippen LogP contribution in [-0.2, 0) is 7.05 Å². The second-order valence-corrected chi connectivity index (χ2v) is 1.59. The van der Waals surface area contributed by atoms with Gasteiger partial charge in [-0.25, -0.2) is 4.98 Å². The van der Waals surface area contributed by atoms with Crippen LogP contribution in [0.4, 0.5) is 0 Å². The molecule has 0 unspecified atom stereocenters. The Bertz CT molecular complexity index is 143. The summed E-state index contributed by atoms with van der Waals surface area (Å²) in [6.07, 6.45) is 3.71. The molecule has 0 N–H and O–H groups in total. The molecule has 0 atom stereocenters. The van der Waals surface area contributed by atoms with E-state index in [1.807, 2.05) is 24.7 Å². The Labute approximate surface area is 71.2 Å². The van der Waals surface area contributed by atoms with E-state index in [2.05, 4.69) is 4.98 Å². The van der Waals surface area contributed by atoms with Crippen LogP contribution >= 0.6 is 0 Å². The van der Waals surface area contributed by atoms with Crippen molar-refractivity contribution < 1.29 is 0 Å². The molecule has 0 amide bonds. The van der Waals surface area contributed by atoms with E-state index in [0.717, 1.165) is 5.82 Å². The molecule has 1 aromatic rings. The van der Waals surface area contributed by atoms with Crippen LogP contribution in [0.2, 0.25) is 0 Å². The first-order valence-corrected chi connectivity index (χ1v) is 2.24. The van der Waals surface area contributed by atoms with Gasteiger partial charge in [-0.15, -0.1) is 0 Å². The summed E-state index contributed by atoms with van der Waals surface area (Å²) >= 11 is 0. The van der Waals surface area contributed by atoms with Crippen molar-refractivity contribution in [3.63, 3.8) is 0 Å². The molecular weight excluding hydrogens is 111 g/mol. The van der Waals surface area contributed by atoms with Crippen LogP contribution in [0.1, 0.15) is 5.82 Å². The summed E-state index contributed by atoms with van der Waals surface area (Å²) in [4.78, 5) is 3.98. The van der Waals surface area contributed by atoms with Crippen LogP contribution in [0.15, 0.2) is 12.4 Å². The van der Waals surface area contributed by atoms with E-state index in [-0.39, 0.29) is 29.6 Å². The summed E-state index contributed by atoms with van der Waals surface area (Å²) in [6.45, 7) is 1.97. The molecule has 3 heteroatoms. The average molecular weight is 119 g/mol. The summed E-state index contributed by atoms with van der Waals surface area (Å²) in [5.74, 6) is 1.06. The maximum atomic E-state index is 3.98. The van der Waals surface area contributed by atoms with E-state index in [4.69, 9.17) is 0 Å². The van der Waals surface area contributed by atoms with Crippen LogP contribution in [0.25, 0.3) is 0 Å². The Morgan fingerprint density at radius 2 is 2.25 bits per heavy atom. The van der Waals surface area contributed by atoms with Crippen molar-refractivity contribution >= 4 is 29.6 Å². The zero-order chi connectivity index (χ0) is 5.28. The van der Waals surface area contributed by atoms with E-state index in [9.17, 15) is 0 Å². The molecule has 0 saturated carbocycles. The Kier molecular flexibility index (Phi) is 3.36. The smallest absolute Gasteiger partial charge is 0.105 e. The van der Waals surface area contributed by atoms with Crippen molar-refractivity contribution in [1.29, 1.82) is 0 Å². The van der Waals surface area contributed by atoms with Crippen LogP contribution in [0.5, 0.6) is 0 Å². The number of hydrogen-bond donors (Lipinski definition) is 0. The molecule has 39 valence electrons. The Morgan fingerprint density at radius 1 is 1.62 bits per heavy atom. The zero-order valence-corrected chi connectivity index (χ0v) is 7.55. The van der Waals surface area contributed by atoms with E-state index in [0.29, 0.717) is 0 Å². The normalized spacial score (nSPS) is 8.25. The molecule has 0 fully saturated rings. The molecular formula is C5H8N2Na. The first-order chi connectivity index (χ1) is 3.30. The molecule has 0 aliphatic heterocycles. The van der Waals surface area contributed by atoms with E-state index in [1.165, 1.54) is 0 Å². The average Bonchev–Trinajstić information content (AvgIpc) is 1.91. The van der Waals surface area contributed by atoms with Gasteiger partial charge in [-0.1, -0.05) is 0 Å². The third kappa shape index (κ3) is 1.62. The molecule has 1 aromatic heterocycles. The fraction of sp³-hybridized carbons (Fsp3) is 0.400. The third-order valence-corrected chi connectivity index (χ3v) is 1.06. The Hall–Kier alpha value is 0.210. The first-order valence-electron chi connectivity index (χ1n) is 2.24. The minimum Gasteiger partial charge on any atom is -0.338 e. The predicted molar refractivity (Wildman–Crippen MR) is 33.7 cm³/mol. The molecule has 0 aliphatic carbocycles. The molecule has 0 saturated heterocycles. The van der Waals surface area contributed by atoms with Gasteiger partial charge in [0.15, 0.2) is 0 Å². The molecule has 0 aliphatic rings. The van der Waals surface area contributed by atoms with Gasteiger partial charge in [0.25, 0.3) is 0 Å². The molecule has 0 bridgehead atoms. The molecule has 1 radical (unpaired) electrons. The number of imidazole rings is 1. The fourth-order valence-corrected chi connectivity index (χ4v) is 0.440. The third-order valence-electron chi connectivity index (χ3n) is 1.06. The fourth-order valence-electron chi connectivity index (χ4n) is 0.440. The van der Waals surface area contributed by atoms with Gasteiger partial charge < -0.3 is 4.57 Å². The van der Waals surface area contributed by atoms with Gasteiger partial charge >= 0.3 is 0 Å². The van der Waals surface area contributed by atoms with E-state index < -0.39 is 0 Å². The SMILES string of the molecule is Cc1nccn1C.[Na]. The summed E-state index contributed by atoms with van der Waals surface area (Å²) in [7, 11) is 1.97. The quantitative estimate of drug-likeness (QED) is 0.450. The van der Waals surface area contributed by atoms with Gasteiger partial charge in [0, 0.05) is 49.0 Å². The van der Waals surface area contributed by atoms with Gasteiger partial charge in [0.05, 0.1) is 0 Å². The molecule has 0 aromatic carbocycles. The van der Waals surface area contributed by atoms with E-state index >= 15 is 0 Å². The van der Waals surface area contributed by atoms with Crippen LogP contribution in [0, 0.1) is 6.92 Å². The van der Waals surface area contributed by atoms with Gasteiger partial charge in [0.1, 0.15) is 5.82 Å². The van der Waals surface area contributed by atoms with Crippen molar-refractivity contribution in [3.8, 4) is 0 Å². The molecule has 1 heterocycles. The second kappa shape index (κ2) is 3.28. The van der Waals surface area contributed by atoms with Crippen molar-refractivity contribution in [2.24, 2.45) is 7.05 Å². The van der Waals surface area contributed by atoms with Gasteiger partial charge in [0.2, 0.25) is 0 Å². The number of aryl methyl sites for hydroxylation is 2. The van der Waals surface area contributed by atoms with E-state index in [1.54, 1.807) is 6.20 Å². The van der Waals surface area contributed by atoms with Gasteiger partial charge in [-0.05, 0) is 6.92 Å². The number of rotatable bonds is 0. The Morgan fingerprint density at radius 3 is 2.38 bits per heavy atom. The van der Waals surface area contributed by atoms with Crippen molar-refractivity contribution in [1.82, 2.24) is 9.55 Å². The Balaban J connectivity index is 0.000000490. The first kappa shape index (κ1) is 8.21. The zero-order valence-electron chi connectivity index (χ0n) is 5.55. The maximum Gasteiger partial charge on any atom is 0.105 e. The van der Waals surface area contributed by atoms with Crippen LogP contribution in [-0.4, -0.2) is 39.1 Å². The topological polar surface area (TPSA) is 17.8 Å². The second-order valence-electron chi connectivity index (χ2n) is 1.59. The molecule has 1 rings (SSSR count). The number of aromatic nitrogens is 2. The predicted octanol–water partition coefficient (Wildman–Crippen LogP) is 0.348. The minimum absolute atomic E-state index is 0. The number of hydrogen-bond acceptors (Lipinski definition) is 1. The number of nitrogens with zero attached hydrogens (tertiary/aromatic N) is 2. The van der Waals surface area contributed by atoms with Crippen molar-refractivity contribution in [2.75, 3.05) is 0 Å². The molecule has 2 nitrogen and oxygen atoms in total. The summed E-state index contributed by atoms with van der Waals surface area (Å²) < 4.78 is 1.97. The molecule has 0 spiro atoms. The minimum atomic E-state index is 0. The summed E-state index contributed by atoms with van der Waals surface area (Å²) in [5, 5.41) is 0. The molecule has 8 heavy (non-hydrogen) atoms. The standard InChI is InChI=1S/C5H8N2.Na/c1-5-6-3-4-7(5)2;/h3-4H,1-2H3;. The van der Waals surface area contributed by atoms with Crippen molar-refractivity contribution in [3.05, 3.63) is 18.2 Å².